The zero-order chi connectivity index (χ0) is 21.8. The molecule has 2 aliphatic heterocycles. The van der Waals surface area contributed by atoms with E-state index < -0.39 is 0 Å². The lowest BCUT2D eigenvalue weighted by molar-refractivity contribution is -0.0236. The molecule has 2 N–H and O–H groups in total. The van der Waals surface area contributed by atoms with Crippen LogP contribution >= 0.6 is 35.0 Å². The van der Waals surface area contributed by atoms with E-state index in [4.69, 9.17) is 38.7 Å². The summed E-state index contributed by atoms with van der Waals surface area (Å²) in [4.78, 5) is 13.5. The quantitative estimate of drug-likeness (QED) is 0.577. The third-order valence-electron chi connectivity index (χ3n) is 6.54. The van der Waals surface area contributed by atoms with E-state index in [0.717, 1.165) is 53.9 Å². The number of nitrogens with two attached hydrogens (primary N) is 1. The molecule has 2 fully saturated rings. The molecule has 2 aliphatic rings. The molecular formula is C22H25Cl2N5OS. The van der Waals surface area contributed by atoms with Crippen LogP contribution < -0.4 is 10.6 Å². The fraction of sp³-hybridized carbons (Fsp3) is 0.455. The van der Waals surface area contributed by atoms with E-state index in [9.17, 15) is 0 Å². The molecule has 1 aromatic carbocycles. The van der Waals surface area contributed by atoms with Crippen molar-refractivity contribution in [1.29, 1.82) is 0 Å². The third kappa shape index (κ3) is 3.60. The number of nitrogens with zero attached hydrogens (tertiary/aromatic N) is 4. The fourth-order valence-corrected chi connectivity index (χ4v) is 6.04. The molecule has 0 unspecified atom stereocenters. The predicted molar refractivity (Wildman–Crippen MR) is 125 cm³/mol. The molecular weight excluding hydrogens is 453 g/mol. The summed E-state index contributed by atoms with van der Waals surface area (Å²) in [5.41, 5.74) is 7.23. The topological polar surface area (TPSA) is 68.7 Å². The van der Waals surface area contributed by atoms with Crippen LogP contribution in [0.3, 0.4) is 0 Å². The highest BCUT2D eigenvalue weighted by atomic mass is 35.5. The number of benzene rings is 1. The van der Waals surface area contributed by atoms with Crippen LogP contribution in [0.25, 0.3) is 5.65 Å². The highest BCUT2D eigenvalue weighted by Crippen LogP contribution is 2.44. The van der Waals surface area contributed by atoms with Crippen molar-refractivity contribution in [2.75, 3.05) is 24.6 Å². The van der Waals surface area contributed by atoms with Crippen molar-refractivity contribution in [2.24, 2.45) is 11.1 Å². The molecule has 164 valence electrons. The lowest BCUT2D eigenvalue weighted by Gasteiger charge is -2.42. The Morgan fingerprint density at radius 2 is 1.94 bits per heavy atom. The number of hydrogen-bond donors (Lipinski definition) is 1. The van der Waals surface area contributed by atoms with Crippen LogP contribution in [-0.2, 0) is 4.74 Å². The van der Waals surface area contributed by atoms with Crippen molar-refractivity contribution in [2.45, 2.75) is 48.1 Å². The van der Waals surface area contributed by atoms with Gasteiger partial charge in [0.2, 0.25) is 5.95 Å². The van der Waals surface area contributed by atoms with Gasteiger partial charge in [-0.15, -0.1) is 0 Å². The van der Waals surface area contributed by atoms with Crippen LogP contribution in [0.1, 0.15) is 26.7 Å². The maximum absolute atomic E-state index is 6.60. The second-order valence-corrected chi connectivity index (χ2v) is 10.9. The summed E-state index contributed by atoms with van der Waals surface area (Å²) in [7, 11) is 0. The number of rotatable bonds is 3. The van der Waals surface area contributed by atoms with Crippen molar-refractivity contribution in [3.63, 3.8) is 0 Å². The van der Waals surface area contributed by atoms with Gasteiger partial charge >= 0.3 is 0 Å². The van der Waals surface area contributed by atoms with Crippen molar-refractivity contribution < 1.29 is 4.74 Å². The van der Waals surface area contributed by atoms with Crippen LogP contribution in [-0.4, -0.2) is 45.7 Å². The summed E-state index contributed by atoms with van der Waals surface area (Å²) in [6, 6.07) is 5.67. The normalized spacial score (nSPS) is 22.5. The average Bonchev–Trinajstić information content (AvgIpc) is 3.33. The molecule has 2 aromatic heterocycles. The van der Waals surface area contributed by atoms with Gasteiger partial charge in [0.15, 0.2) is 5.65 Å². The number of halogens is 2. The Balaban J connectivity index is 1.40. The molecule has 0 amide bonds. The molecule has 5 rings (SSSR count). The number of hydrogen-bond acceptors (Lipinski definition) is 6. The van der Waals surface area contributed by atoms with Crippen molar-refractivity contribution in [1.82, 2.24) is 14.4 Å². The van der Waals surface area contributed by atoms with Gasteiger partial charge in [-0.2, -0.15) is 0 Å². The molecule has 31 heavy (non-hydrogen) atoms. The summed E-state index contributed by atoms with van der Waals surface area (Å²) in [6.45, 7) is 6.79. The van der Waals surface area contributed by atoms with Gasteiger partial charge < -0.3 is 15.4 Å². The summed E-state index contributed by atoms with van der Waals surface area (Å²) < 4.78 is 8.29. The number of fused-ring (bicyclic) bond motifs is 1. The van der Waals surface area contributed by atoms with Crippen LogP contribution in [0, 0.1) is 5.41 Å². The van der Waals surface area contributed by atoms with Crippen LogP contribution in [0.15, 0.2) is 46.6 Å². The van der Waals surface area contributed by atoms with Crippen LogP contribution in [0.2, 0.25) is 10.0 Å². The number of anilines is 1. The smallest absolute Gasteiger partial charge is 0.211 e. The van der Waals surface area contributed by atoms with Crippen molar-refractivity contribution in [3.05, 3.63) is 46.8 Å². The highest BCUT2D eigenvalue weighted by molar-refractivity contribution is 7.99. The molecule has 6 nitrogen and oxygen atoms in total. The van der Waals surface area contributed by atoms with Crippen LogP contribution in [0.4, 0.5) is 5.95 Å². The van der Waals surface area contributed by atoms with E-state index in [1.807, 2.05) is 28.9 Å². The van der Waals surface area contributed by atoms with E-state index in [-0.39, 0.29) is 17.1 Å². The average molecular weight is 478 g/mol. The first-order chi connectivity index (χ1) is 14.8. The minimum atomic E-state index is -0.229. The zero-order valence-electron chi connectivity index (χ0n) is 17.5. The zero-order valence-corrected chi connectivity index (χ0v) is 19.8. The fourth-order valence-electron chi connectivity index (χ4n) is 4.63. The molecule has 1 atom stereocenters. The summed E-state index contributed by atoms with van der Waals surface area (Å²) >= 11 is 14.1. The number of imidazole rings is 1. The second kappa shape index (κ2) is 7.81. The van der Waals surface area contributed by atoms with E-state index in [2.05, 4.69) is 23.7 Å². The minimum Gasteiger partial charge on any atom is -0.373 e. The Morgan fingerprint density at radius 3 is 2.65 bits per heavy atom. The molecule has 0 saturated carbocycles. The minimum absolute atomic E-state index is 0.0124. The van der Waals surface area contributed by atoms with Crippen LogP contribution in [0.5, 0.6) is 0 Å². The molecule has 2 saturated heterocycles. The predicted octanol–water partition coefficient (Wildman–Crippen LogP) is 4.91. The molecule has 3 aromatic rings. The number of aromatic nitrogens is 3. The summed E-state index contributed by atoms with van der Waals surface area (Å²) in [5, 5.41) is 1.08. The third-order valence-corrected chi connectivity index (χ3v) is 8.54. The number of piperidine rings is 1. The first kappa shape index (κ1) is 21.3. The lowest BCUT2D eigenvalue weighted by Crippen LogP contribution is -2.56. The monoisotopic (exact) mass is 477 g/mol. The first-order valence-corrected chi connectivity index (χ1v) is 12.0. The molecule has 9 heteroatoms. The van der Waals surface area contributed by atoms with Gasteiger partial charge in [-0.25, -0.2) is 9.97 Å². The van der Waals surface area contributed by atoms with E-state index in [1.54, 1.807) is 12.3 Å². The Bertz CT molecular complexity index is 1130. The van der Waals surface area contributed by atoms with Gasteiger partial charge in [-0.05, 0) is 25.0 Å². The largest absolute Gasteiger partial charge is 0.373 e. The highest BCUT2D eigenvalue weighted by Gasteiger charge is 2.53. The van der Waals surface area contributed by atoms with Gasteiger partial charge in [-0.3, -0.25) is 4.40 Å². The molecule has 1 spiro atoms. The first-order valence-electron chi connectivity index (χ1n) is 10.4. The SMILES string of the molecule is CC1(C)COC2(CCN(c3ncc(Sc4cccc(Cl)c4Cl)c4nccn34)CC2)[C@@H]1N. The van der Waals surface area contributed by atoms with E-state index in [0.29, 0.717) is 10.0 Å². The van der Waals surface area contributed by atoms with Gasteiger partial charge in [0.05, 0.1) is 27.1 Å². The lowest BCUT2D eigenvalue weighted by atomic mass is 9.75. The maximum atomic E-state index is 6.60. The molecule has 0 radical (unpaired) electrons. The molecule has 0 bridgehead atoms. The Labute approximate surface area is 196 Å². The Kier molecular flexibility index (Phi) is 5.38. The van der Waals surface area contributed by atoms with Gasteiger partial charge in [0.25, 0.3) is 0 Å². The maximum Gasteiger partial charge on any atom is 0.211 e. The standard InChI is InChI=1S/C22H25Cl2N5OS/c1-21(2)13-30-22(19(21)25)6-9-28(10-7-22)20-27-12-16(18-26-8-11-29(18)20)31-15-5-3-4-14(23)17(15)24/h3-5,8,11-12,19H,6-7,9-10,13,25H2,1-2H3/t19-/m1/s1. The van der Waals surface area contributed by atoms with Gasteiger partial charge in [-0.1, -0.05) is 54.9 Å². The van der Waals surface area contributed by atoms with Gasteiger partial charge in [0.1, 0.15) is 0 Å². The van der Waals surface area contributed by atoms with E-state index in [1.165, 1.54) is 11.8 Å². The second-order valence-electron chi connectivity index (χ2n) is 9.00. The number of ether oxygens (including phenoxy) is 1. The molecule has 4 heterocycles. The Hall–Kier alpha value is -1.51. The van der Waals surface area contributed by atoms with Crippen molar-refractivity contribution >= 4 is 46.6 Å². The van der Waals surface area contributed by atoms with E-state index >= 15 is 0 Å². The summed E-state index contributed by atoms with van der Waals surface area (Å²) in [5.74, 6) is 0.884. The van der Waals surface area contributed by atoms with Gasteiger partial charge in [0, 0.05) is 48.0 Å². The summed E-state index contributed by atoms with van der Waals surface area (Å²) in [6.07, 6.45) is 7.40. The van der Waals surface area contributed by atoms with Crippen molar-refractivity contribution in [3.8, 4) is 0 Å². The molecule has 0 aliphatic carbocycles. The Morgan fingerprint density at radius 1 is 1.16 bits per heavy atom.